The number of aldehydes is 1. The molecule has 1 spiro atoms. The zero-order valence-corrected chi connectivity index (χ0v) is 24.7. The molecule has 42 heavy (non-hydrogen) atoms. The summed E-state index contributed by atoms with van der Waals surface area (Å²) in [6.07, 6.45) is 1.87. The number of hydrogen-bond acceptors (Lipinski definition) is 6. The first-order valence-electron chi connectivity index (χ1n) is 14.4. The molecule has 0 saturated heterocycles. The lowest BCUT2D eigenvalue weighted by atomic mass is 9.79. The summed E-state index contributed by atoms with van der Waals surface area (Å²) in [6.45, 7) is 4.86. The molecule has 10 heteroatoms. The van der Waals surface area contributed by atoms with Crippen molar-refractivity contribution in [2.24, 2.45) is 10.9 Å². The van der Waals surface area contributed by atoms with Gasteiger partial charge in [-0.05, 0) is 62.8 Å². The number of ether oxygens (including phenoxy) is 1. The molecule has 0 aromatic heterocycles. The normalized spacial score (nSPS) is 20.9. The van der Waals surface area contributed by atoms with E-state index < -0.39 is 17.4 Å². The zero-order valence-electron chi connectivity index (χ0n) is 24.7. The fourth-order valence-electron chi connectivity index (χ4n) is 5.64. The standard InChI is InChI=1S/C27H29F3N2O2.C5H11NO2/c1-3-18-13-15-26(16-14-18)31-24(21-9-11-22(12-10-21)27(28,29)30)25(34)32(26)23(4-2)20-7-5-19(17-33)6-8-20;1-6-4-3-5(7)8-2/h5-12,17-18,23H,3-4,13-16H2,1-2H3;6H,3-4H2,1-2H3. The van der Waals surface area contributed by atoms with Gasteiger partial charge in [0, 0.05) is 17.7 Å². The number of aliphatic imine (C=N–C) groups is 1. The van der Waals surface area contributed by atoms with E-state index >= 15 is 0 Å². The summed E-state index contributed by atoms with van der Waals surface area (Å²) in [5, 5.41) is 2.83. The zero-order chi connectivity index (χ0) is 30.9. The van der Waals surface area contributed by atoms with Crippen LogP contribution in [0, 0.1) is 5.92 Å². The number of alkyl halides is 3. The summed E-state index contributed by atoms with van der Waals surface area (Å²) in [4.78, 5) is 42.1. The summed E-state index contributed by atoms with van der Waals surface area (Å²) in [5.74, 6) is 0.167. The van der Waals surface area contributed by atoms with Gasteiger partial charge in [0.05, 0.1) is 25.1 Å². The quantitative estimate of drug-likeness (QED) is 0.272. The summed E-state index contributed by atoms with van der Waals surface area (Å²) in [5.41, 5.74) is 0.660. The SMILES string of the molecule is CCC1CCC2(CC1)N=C(c1ccc(C(F)(F)F)cc1)C(=O)N2C(CC)c1ccc(C=O)cc1.CNCCC(=O)OC. The molecule has 1 heterocycles. The van der Waals surface area contributed by atoms with Crippen molar-refractivity contribution in [3.05, 3.63) is 70.8 Å². The van der Waals surface area contributed by atoms with E-state index in [9.17, 15) is 27.6 Å². The first kappa shape index (κ1) is 33.0. The van der Waals surface area contributed by atoms with Crippen LogP contribution in [0.3, 0.4) is 0 Å². The molecule has 1 aliphatic carbocycles. The Kier molecular flexibility index (Phi) is 11.4. The van der Waals surface area contributed by atoms with Crippen molar-refractivity contribution in [1.82, 2.24) is 10.2 Å². The van der Waals surface area contributed by atoms with Gasteiger partial charge >= 0.3 is 12.1 Å². The molecule has 0 bridgehead atoms. The van der Waals surface area contributed by atoms with Gasteiger partial charge in [-0.3, -0.25) is 19.4 Å². The van der Waals surface area contributed by atoms with Crippen LogP contribution in [0.1, 0.15) is 91.9 Å². The number of carbonyl (C=O) groups excluding carboxylic acids is 3. The number of benzene rings is 2. The molecule has 2 aliphatic rings. The van der Waals surface area contributed by atoms with Crippen molar-refractivity contribution in [2.75, 3.05) is 20.7 Å². The Morgan fingerprint density at radius 2 is 1.74 bits per heavy atom. The Morgan fingerprint density at radius 1 is 1.12 bits per heavy atom. The van der Waals surface area contributed by atoms with Gasteiger partial charge < -0.3 is 15.0 Å². The number of nitrogens with one attached hydrogen (secondary N) is 1. The molecular weight excluding hydrogens is 547 g/mol. The Morgan fingerprint density at radius 3 is 2.21 bits per heavy atom. The van der Waals surface area contributed by atoms with Gasteiger partial charge in [0.1, 0.15) is 17.7 Å². The molecule has 1 unspecified atom stereocenters. The average Bonchev–Trinajstić information content (AvgIpc) is 3.28. The van der Waals surface area contributed by atoms with Crippen molar-refractivity contribution in [1.29, 1.82) is 0 Å². The van der Waals surface area contributed by atoms with Crippen LogP contribution in [0.5, 0.6) is 0 Å². The molecule has 1 atom stereocenters. The summed E-state index contributed by atoms with van der Waals surface area (Å²) in [6, 6.07) is 11.7. The maximum absolute atomic E-state index is 13.8. The highest BCUT2D eigenvalue weighted by atomic mass is 19.4. The van der Waals surface area contributed by atoms with E-state index in [0.717, 1.165) is 56.1 Å². The predicted molar refractivity (Wildman–Crippen MR) is 155 cm³/mol. The number of hydrogen-bond donors (Lipinski definition) is 1. The van der Waals surface area contributed by atoms with Crippen LogP contribution in [0.2, 0.25) is 0 Å². The smallest absolute Gasteiger partial charge is 0.416 e. The Hall–Kier alpha value is -3.53. The van der Waals surface area contributed by atoms with Crippen molar-refractivity contribution in [2.45, 2.75) is 76.7 Å². The Labute approximate surface area is 245 Å². The maximum atomic E-state index is 13.8. The molecule has 1 aliphatic heterocycles. The molecule has 1 fully saturated rings. The molecule has 1 N–H and O–H groups in total. The van der Waals surface area contributed by atoms with Crippen molar-refractivity contribution >= 4 is 23.9 Å². The molecule has 1 amide bonds. The lowest BCUT2D eigenvalue weighted by Gasteiger charge is -2.45. The van der Waals surface area contributed by atoms with Gasteiger partial charge in [-0.15, -0.1) is 0 Å². The lowest BCUT2D eigenvalue weighted by Crippen LogP contribution is -2.50. The molecule has 1 saturated carbocycles. The van der Waals surface area contributed by atoms with E-state index in [-0.39, 0.29) is 23.6 Å². The number of nitrogens with zero attached hydrogens (tertiary/aromatic N) is 2. The highest BCUT2D eigenvalue weighted by Gasteiger charge is 2.51. The average molecular weight is 588 g/mol. The molecule has 228 valence electrons. The van der Waals surface area contributed by atoms with Gasteiger partial charge in [-0.2, -0.15) is 13.2 Å². The maximum Gasteiger partial charge on any atom is 0.416 e. The number of rotatable bonds is 9. The monoisotopic (exact) mass is 587 g/mol. The molecule has 2 aromatic rings. The van der Waals surface area contributed by atoms with E-state index in [2.05, 4.69) is 17.0 Å². The number of esters is 1. The van der Waals surface area contributed by atoms with Crippen LogP contribution in [-0.4, -0.2) is 55.1 Å². The number of halogens is 3. The number of methoxy groups -OCH3 is 1. The van der Waals surface area contributed by atoms with Gasteiger partial charge in [0.2, 0.25) is 0 Å². The van der Waals surface area contributed by atoms with Crippen LogP contribution in [0.4, 0.5) is 13.2 Å². The second kappa shape index (κ2) is 14.6. The fourth-order valence-corrected chi connectivity index (χ4v) is 5.64. The van der Waals surface area contributed by atoms with Crippen LogP contribution >= 0.6 is 0 Å². The third-order valence-corrected chi connectivity index (χ3v) is 8.12. The van der Waals surface area contributed by atoms with Crippen molar-refractivity contribution in [3.63, 3.8) is 0 Å². The number of carbonyl (C=O) groups is 3. The van der Waals surface area contributed by atoms with Crippen LogP contribution < -0.4 is 5.32 Å². The van der Waals surface area contributed by atoms with E-state index in [1.54, 1.807) is 19.2 Å². The van der Waals surface area contributed by atoms with Gasteiger partial charge in [0.15, 0.2) is 0 Å². The number of amides is 1. The summed E-state index contributed by atoms with van der Waals surface area (Å²) >= 11 is 0. The molecular formula is C32H40F3N3O4. The molecule has 2 aromatic carbocycles. The Bertz CT molecular complexity index is 1240. The van der Waals surface area contributed by atoms with Crippen molar-refractivity contribution in [3.8, 4) is 0 Å². The minimum Gasteiger partial charge on any atom is -0.469 e. The largest absolute Gasteiger partial charge is 0.469 e. The van der Waals surface area contributed by atoms with E-state index in [1.807, 2.05) is 24.0 Å². The summed E-state index contributed by atoms with van der Waals surface area (Å²) in [7, 11) is 3.18. The minimum absolute atomic E-state index is 0.167. The predicted octanol–water partition coefficient (Wildman–Crippen LogP) is 6.37. The van der Waals surface area contributed by atoms with Gasteiger partial charge in [-0.1, -0.05) is 56.7 Å². The van der Waals surface area contributed by atoms with Crippen LogP contribution in [-0.2, 0) is 20.5 Å². The Balaban J connectivity index is 0.000000531. The molecule has 4 rings (SSSR count). The van der Waals surface area contributed by atoms with Gasteiger partial charge in [0.25, 0.3) is 5.91 Å². The third kappa shape index (κ3) is 7.65. The van der Waals surface area contributed by atoms with Gasteiger partial charge in [-0.25, -0.2) is 0 Å². The summed E-state index contributed by atoms with van der Waals surface area (Å²) < 4.78 is 43.5. The fraction of sp³-hybridized carbons (Fsp3) is 0.500. The highest BCUT2D eigenvalue weighted by Crippen LogP contribution is 2.47. The van der Waals surface area contributed by atoms with E-state index in [4.69, 9.17) is 4.99 Å². The minimum atomic E-state index is -4.44. The lowest BCUT2D eigenvalue weighted by molar-refractivity contribution is -0.140. The van der Waals surface area contributed by atoms with E-state index in [1.165, 1.54) is 19.2 Å². The van der Waals surface area contributed by atoms with Crippen LogP contribution in [0.25, 0.3) is 0 Å². The molecule has 7 nitrogen and oxygen atoms in total. The topological polar surface area (TPSA) is 88.1 Å². The van der Waals surface area contributed by atoms with Crippen LogP contribution in [0.15, 0.2) is 53.5 Å². The highest BCUT2D eigenvalue weighted by molar-refractivity contribution is 6.46. The van der Waals surface area contributed by atoms with E-state index in [0.29, 0.717) is 36.4 Å². The molecule has 0 radical (unpaired) electrons. The van der Waals surface area contributed by atoms with Crippen molar-refractivity contribution < 1.29 is 32.3 Å². The second-order valence-corrected chi connectivity index (χ2v) is 10.7. The first-order valence-corrected chi connectivity index (χ1v) is 14.4. The second-order valence-electron chi connectivity index (χ2n) is 10.7. The third-order valence-electron chi connectivity index (χ3n) is 8.12. The first-order chi connectivity index (χ1) is 20.0.